The van der Waals surface area contributed by atoms with Crippen LogP contribution in [0.1, 0.15) is 59.3 Å². The standard InChI is InChI=1S/C23H30N2O3S/c1-4-18-9-10-19(5-2)20(14-18)16-24-23(26)22-15-21(11-8-17(22)3)29(27,28)25-12-6-7-13-25/h8-11,14-15H,4-7,12-13,16H2,1-3H3,(H,24,26). The van der Waals surface area contributed by atoms with Gasteiger partial charge in [0.2, 0.25) is 10.0 Å². The van der Waals surface area contributed by atoms with Gasteiger partial charge in [-0.15, -0.1) is 0 Å². The molecule has 0 spiro atoms. The highest BCUT2D eigenvalue weighted by atomic mass is 32.2. The lowest BCUT2D eigenvalue weighted by Crippen LogP contribution is -2.29. The number of rotatable bonds is 7. The molecule has 0 atom stereocenters. The number of carbonyl (C=O) groups is 1. The number of carbonyl (C=O) groups excluding carboxylic acids is 1. The van der Waals surface area contributed by atoms with Crippen LogP contribution in [-0.2, 0) is 29.4 Å². The predicted octanol–water partition coefficient (Wildman–Crippen LogP) is 3.83. The second kappa shape index (κ2) is 9.09. The summed E-state index contributed by atoms with van der Waals surface area (Å²) in [5.41, 5.74) is 4.74. The molecule has 1 N–H and O–H groups in total. The molecule has 0 radical (unpaired) electrons. The summed E-state index contributed by atoms with van der Waals surface area (Å²) in [6.45, 7) is 7.56. The van der Waals surface area contributed by atoms with Gasteiger partial charge in [-0.25, -0.2) is 8.42 Å². The molecule has 29 heavy (non-hydrogen) atoms. The van der Waals surface area contributed by atoms with Crippen molar-refractivity contribution in [3.05, 3.63) is 64.2 Å². The molecule has 5 nitrogen and oxygen atoms in total. The van der Waals surface area contributed by atoms with Crippen LogP contribution in [0.2, 0.25) is 0 Å². The second-order valence-corrected chi connectivity index (χ2v) is 9.52. The normalized spacial score (nSPS) is 14.9. The summed E-state index contributed by atoms with van der Waals surface area (Å²) >= 11 is 0. The van der Waals surface area contributed by atoms with Crippen molar-refractivity contribution >= 4 is 15.9 Å². The van der Waals surface area contributed by atoms with Gasteiger partial charge in [-0.05, 0) is 67.0 Å². The highest BCUT2D eigenvalue weighted by molar-refractivity contribution is 7.89. The Morgan fingerprint density at radius 2 is 1.72 bits per heavy atom. The van der Waals surface area contributed by atoms with Gasteiger partial charge in [0.05, 0.1) is 4.90 Å². The molecule has 156 valence electrons. The molecule has 6 heteroatoms. The summed E-state index contributed by atoms with van der Waals surface area (Å²) in [5.74, 6) is -0.245. The molecule has 1 aliphatic heterocycles. The molecule has 1 amide bonds. The van der Waals surface area contributed by atoms with E-state index in [-0.39, 0.29) is 10.8 Å². The van der Waals surface area contributed by atoms with E-state index in [1.165, 1.54) is 21.5 Å². The predicted molar refractivity (Wildman–Crippen MR) is 116 cm³/mol. The van der Waals surface area contributed by atoms with Crippen molar-refractivity contribution in [1.82, 2.24) is 9.62 Å². The third kappa shape index (κ3) is 4.70. The first kappa shape index (κ1) is 21.5. The summed E-state index contributed by atoms with van der Waals surface area (Å²) in [7, 11) is -3.54. The zero-order valence-electron chi connectivity index (χ0n) is 17.5. The van der Waals surface area contributed by atoms with Crippen LogP contribution in [0.15, 0.2) is 41.3 Å². The minimum atomic E-state index is -3.54. The van der Waals surface area contributed by atoms with Crippen LogP contribution in [0.4, 0.5) is 0 Å². The molecule has 3 rings (SSSR count). The number of hydrogen-bond donors (Lipinski definition) is 1. The highest BCUT2D eigenvalue weighted by Gasteiger charge is 2.28. The number of sulfonamides is 1. The van der Waals surface area contributed by atoms with Crippen LogP contribution in [-0.4, -0.2) is 31.7 Å². The van der Waals surface area contributed by atoms with Gasteiger partial charge in [0, 0.05) is 25.2 Å². The molecule has 2 aromatic carbocycles. The van der Waals surface area contributed by atoms with Gasteiger partial charge in [-0.3, -0.25) is 4.79 Å². The van der Waals surface area contributed by atoms with Crippen molar-refractivity contribution in [1.29, 1.82) is 0 Å². The first-order chi connectivity index (χ1) is 13.9. The summed E-state index contributed by atoms with van der Waals surface area (Å²) in [6, 6.07) is 11.2. The molecule has 0 aromatic heterocycles. The molecule has 1 heterocycles. The maximum Gasteiger partial charge on any atom is 0.251 e. The van der Waals surface area contributed by atoms with Crippen LogP contribution in [0, 0.1) is 6.92 Å². The Balaban J connectivity index is 1.81. The van der Waals surface area contributed by atoms with Crippen LogP contribution in [0.5, 0.6) is 0 Å². The van der Waals surface area contributed by atoms with Crippen LogP contribution in [0.25, 0.3) is 0 Å². The maximum atomic E-state index is 12.9. The van der Waals surface area contributed by atoms with Crippen molar-refractivity contribution in [3.8, 4) is 0 Å². The Morgan fingerprint density at radius 3 is 2.38 bits per heavy atom. The van der Waals surface area contributed by atoms with E-state index in [4.69, 9.17) is 0 Å². The first-order valence-corrected chi connectivity index (χ1v) is 11.8. The van der Waals surface area contributed by atoms with Gasteiger partial charge in [0.1, 0.15) is 0 Å². The van der Waals surface area contributed by atoms with E-state index in [1.54, 1.807) is 12.1 Å². The maximum absolute atomic E-state index is 12.9. The molecule has 1 aliphatic rings. The average molecular weight is 415 g/mol. The summed E-state index contributed by atoms with van der Waals surface area (Å²) in [5, 5.41) is 2.98. The first-order valence-electron chi connectivity index (χ1n) is 10.4. The van der Waals surface area contributed by atoms with Gasteiger partial charge in [-0.1, -0.05) is 38.1 Å². The van der Waals surface area contributed by atoms with E-state index in [2.05, 4.69) is 37.4 Å². The van der Waals surface area contributed by atoms with Crippen molar-refractivity contribution in [2.75, 3.05) is 13.1 Å². The number of aryl methyl sites for hydroxylation is 3. The Morgan fingerprint density at radius 1 is 1.00 bits per heavy atom. The van der Waals surface area contributed by atoms with Crippen LogP contribution < -0.4 is 5.32 Å². The molecule has 0 unspecified atom stereocenters. The minimum absolute atomic E-state index is 0.192. The lowest BCUT2D eigenvalue weighted by atomic mass is 10.0. The van der Waals surface area contributed by atoms with E-state index >= 15 is 0 Å². The van der Waals surface area contributed by atoms with Crippen LogP contribution in [0.3, 0.4) is 0 Å². The Kier molecular flexibility index (Phi) is 6.75. The number of hydrogen-bond acceptors (Lipinski definition) is 3. The average Bonchev–Trinajstić information content (AvgIpc) is 3.27. The SMILES string of the molecule is CCc1ccc(CC)c(CNC(=O)c2cc(S(=O)(=O)N3CCCC3)ccc2C)c1. The molecule has 0 saturated carbocycles. The third-order valence-corrected chi connectivity index (χ3v) is 7.55. The third-order valence-electron chi connectivity index (χ3n) is 5.66. The largest absolute Gasteiger partial charge is 0.348 e. The summed E-state index contributed by atoms with van der Waals surface area (Å²) in [6.07, 6.45) is 3.61. The zero-order chi connectivity index (χ0) is 21.0. The Hall–Kier alpha value is -2.18. The van der Waals surface area contributed by atoms with Crippen molar-refractivity contribution in [3.63, 3.8) is 0 Å². The van der Waals surface area contributed by atoms with Gasteiger partial charge < -0.3 is 5.32 Å². The fourth-order valence-corrected chi connectivity index (χ4v) is 5.31. The molecule has 2 aromatic rings. The molecular weight excluding hydrogens is 384 g/mol. The van der Waals surface area contributed by atoms with Crippen molar-refractivity contribution in [2.45, 2.75) is 57.9 Å². The van der Waals surface area contributed by atoms with E-state index < -0.39 is 10.0 Å². The highest BCUT2D eigenvalue weighted by Crippen LogP contribution is 2.23. The number of nitrogens with zero attached hydrogens (tertiary/aromatic N) is 1. The van der Waals surface area contributed by atoms with Gasteiger partial charge in [0.25, 0.3) is 5.91 Å². The number of benzene rings is 2. The summed E-state index contributed by atoms with van der Waals surface area (Å²) in [4.78, 5) is 13.1. The smallest absolute Gasteiger partial charge is 0.251 e. The number of amides is 1. The van der Waals surface area contributed by atoms with E-state index in [1.807, 2.05) is 6.92 Å². The molecule has 0 bridgehead atoms. The Labute approximate surface area is 174 Å². The van der Waals surface area contributed by atoms with Crippen LogP contribution >= 0.6 is 0 Å². The lowest BCUT2D eigenvalue weighted by molar-refractivity contribution is 0.0950. The molecule has 1 fully saturated rings. The van der Waals surface area contributed by atoms with E-state index in [0.29, 0.717) is 25.2 Å². The Bertz CT molecular complexity index is 993. The fourth-order valence-electron chi connectivity index (χ4n) is 3.76. The van der Waals surface area contributed by atoms with Gasteiger partial charge >= 0.3 is 0 Å². The lowest BCUT2D eigenvalue weighted by Gasteiger charge is -2.17. The fraction of sp³-hybridized carbons (Fsp3) is 0.435. The topological polar surface area (TPSA) is 66.5 Å². The van der Waals surface area contributed by atoms with Crippen molar-refractivity contribution in [2.24, 2.45) is 0 Å². The molecule has 0 aliphatic carbocycles. The molecular formula is C23H30N2O3S. The summed E-state index contributed by atoms with van der Waals surface area (Å²) < 4.78 is 27.2. The van der Waals surface area contributed by atoms with Gasteiger partial charge in [-0.2, -0.15) is 4.31 Å². The zero-order valence-corrected chi connectivity index (χ0v) is 18.3. The van der Waals surface area contributed by atoms with Gasteiger partial charge in [0.15, 0.2) is 0 Å². The van der Waals surface area contributed by atoms with Crippen molar-refractivity contribution < 1.29 is 13.2 Å². The molecule has 1 saturated heterocycles. The van der Waals surface area contributed by atoms with E-state index in [9.17, 15) is 13.2 Å². The monoisotopic (exact) mass is 414 g/mol. The minimum Gasteiger partial charge on any atom is -0.348 e. The van der Waals surface area contributed by atoms with E-state index in [0.717, 1.165) is 36.8 Å². The second-order valence-electron chi connectivity index (χ2n) is 7.58. The quantitative estimate of drug-likeness (QED) is 0.749. The number of nitrogens with one attached hydrogen (secondary N) is 1.